The summed E-state index contributed by atoms with van der Waals surface area (Å²) in [6.45, 7) is 5.85. The minimum atomic E-state index is -2.00. The second kappa shape index (κ2) is 9.18. The molecule has 0 spiro atoms. The van der Waals surface area contributed by atoms with Gasteiger partial charge < -0.3 is 33.7 Å². The lowest BCUT2D eigenvalue weighted by atomic mass is 9.81. The smallest absolute Gasteiger partial charge is 0.366 e. The molecule has 0 aliphatic carbocycles. The number of hydrogen-bond acceptors (Lipinski definition) is 11. The van der Waals surface area contributed by atoms with E-state index in [1.165, 1.54) is 27.7 Å². The second-order valence-electron chi connectivity index (χ2n) is 7.55. The van der Waals surface area contributed by atoms with E-state index in [1.54, 1.807) is 0 Å². The highest BCUT2D eigenvalue weighted by Gasteiger charge is 2.71. The van der Waals surface area contributed by atoms with Gasteiger partial charge in [-0.25, -0.2) is 4.79 Å². The van der Waals surface area contributed by atoms with Crippen molar-refractivity contribution >= 4 is 29.8 Å². The molecule has 0 aromatic heterocycles. The molecule has 174 valence electrons. The molecule has 2 saturated heterocycles. The lowest BCUT2D eigenvalue weighted by Crippen LogP contribution is -2.67. The van der Waals surface area contributed by atoms with E-state index in [2.05, 4.69) is 5.32 Å². The standard InChI is InChI=1S/C19H27NO11/c1-9(21)20-15-13(28-11(3)23)7-19(17(25)26-6)30-16(18(15,5)31-19)14(29-12(4)24)8-27-10(2)22/h13-16H,7-8H2,1-6H3,(H,20,21)/t13-,14+,15+,16+,18+,19+/m0/s1. The van der Waals surface area contributed by atoms with Crippen molar-refractivity contribution in [2.75, 3.05) is 13.7 Å². The summed E-state index contributed by atoms with van der Waals surface area (Å²) in [6, 6.07) is -0.991. The van der Waals surface area contributed by atoms with E-state index in [-0.39, 0.29) is 6.42 Å². The molecule has 2 aliphatic rings. The number of esters is 4. The fourth-order valence-electron chi connectivity index (χ4n) is 3.99. The number of hydrogen-bond donors (Lipinski definition) is 1. The number of ether oxygens (including phenoxy) is 6. The van der Waals surface area contributed by atoms with Crippen LogP contribution in [0, 0.1) is 0 Å². The molecule has 2 heterocycles. The van der Waals surface area contributed by atoms with Crippen LogP contribution in [0.1, 0.15) is 41.0 Å². The lowest BCUT2D eigenvalue weighted by molar-refractivity contribution is -0.251. The minimum absolute atomic E-state index is 0.295. The van der Waals surface area contributed by atoms with E-state index in [1.807, 2.05) is 0 Å². The van der Waals surface area contributed by atoms with Crippen LogP contribution in [0.5, 0.6) is 0 Å². The maximum absolute atomic E-state index is 12.6. The first-order chi connectivity index (χ1) is 14.3. The third kappa shape index (κ3) is 5.13. The minimum Gasteiger partial charge on any atom is -0.465 e. The molecular weight excluding hydrogens is 418 g/mol. The number of rotatable bonds is 7. The Labute approximate surface area is 178 Å². The first-order valence-corrected chi connectivity index (χ1v) is 9.56. The van der Waals surface area contributed by atoms with Gasteiger partial charge in [-0.15, -0.1) is 0 Å². The molecule has 12 nitrogen and oxygen atoms in total. The van der Waals surface area contributed by atoms with Gasteiger partial charge in [-0.2, -0.15) is 0 Å². The van der Waals surface area contributed by atoms with Crippen molar-refractivity contribution in [3.63, 3.8) is 0 Å². The Balaban J connectivity index is 2.56. The number of fused-ring (bicyclic) bond motifs is 2. The number of carbonyl (C=O) groups excluding carboxylic acids is 5. The summed E-state index contributed by atoms with van der Waals surface area (Å²) < 4.78 is 32.4. The van der Waals surface area contributed by atoms with Crippen LogP contribution in [0.15, 0.2) is 0 Å². The number of nitrogens with one attached hydrogen (secondary N) is 1. The average Bonchev–Trinajstić information content (AvgIpc) is 2.90. The predicted molar refractivity (Wildman–Crippen MR) is 99.1 cm³/mol. The monoisotopic (exact) mass is 445 g/mol. The Bertz CT molecular complexity index is 768. The second-order valence-corrected chi connectivity index (χ2v) is 7.55. The number of carbonyl (C=O) groups is 5. The summed E-state index contributed by atoms with van der Waals surface area (Å²) in [5.74, 6) is -5.37. The van der Waals surface area contributed by atoms with Gasteiger partial charge in [0.2, 0.25) is 5.91 Å². The van der Waals surface area contributed by atoms with Gasteiger partial charge in [-0.3, -0.25) is 19.2 Å². The average molecular weight is 445 g/mol. The maximum Gasteiger partial charge on any atom is 0.366 e. The van der Waals surface area contributed by atoms with Crippen LogP contribution in [0.25, 0.3) is 0 Å². The van der Waals surface area contributed by atoms with E-state index < -0.39 is 72.1 Å². The fourth-order valence-corrected chi connectivity index (χ4v) is 3.99. The molecule has 0 aromatic rings. The van der Waals surface area contributed by atoms with Crippen LogP contribution in [-0.2, 0) is 52.4 Å². The van der Waals surface area contributed by atoms with Gasteiger partial charge in [-0.1, -0.05) is 0 Å². The highest BCUT2D eigenvalue weighted by molar-refractivity contribution is 5.79. The molecule has 1 N–H and O–H groups in total. The molecule has 0 aromatic carbocycles. The molecular formula is C19H27NO11. The summed E-state index contributed by atoms with van der Waals surface area (Å²) >= 11 is 0. The molecule has 0 saturated carbocycles. The molecule has 31 heavy (non-hydrogen) atoms. The van der Waals surface area contributed by atoms with Crippen molar-refractivity contribution in [3.8, 4) is 0 Å². The van der Waals surface area contributed by atoms with Gasteiger partial charge in [0, 0.05) is 27.7 Å². The zero-order valence-electron chi connectivity index (χ0n) is 18.2. The van der Waals surface area contributed by atoms with E-state index in [9.17, 15) is 24.0 Å². The quantitative estimate of drug-likeness (QED) is 0.393. The van der Waals surface area contributed by atoms with Gasteiger partial charge in [0.05, 0.1) is 19.6 Å². The zero-order chi connectivity index (χ0) is 23.6. The molecule has 12 heteroatoms. The third-order valence-electron chi connectivity index (χ3n) is 5.00. The number of amides is 1. The first-order valence-electron chi connectivity index (χ1n) is 9.56. The Morgan fingerprint density at radius 1 is 1.06 bits per heavy atom. The summed E-state index contributed by atoms with van der Waals surface area (Å²) in [5.41, 5.74) is -1.54. The molecule has 6 atom stereocenters. The van der Waals surface area contributed by atoms with Crippen molar-refractivity contribution in [2.45, 2.75) is 76.8 Å². The van der Waals surface area contributed by atoms with Gasteiger partial charge in [0.1, 0.15) is 24.4 Å². The summed E-state index contributed by atoms with van der Waals surface area (Å²) in [6.07, 6.45) is -3.73. The van der Waals surface area contributed by atoms with Gasteiger partial charge in [0.15, 0.2) is 6.10 Å². The summed E-state index contributed by atoms with van der Waals surface area (Å²) in [7, 11) is 1.12. The molecule has 0 unspecified atom stereocenters. The van der Waals surface area contributed by atoms with E-state index in [4.69, 9.17) is 28.4 Å². The van der Waals surface area contributed by atoms with Crippen molar-refractivity contribution < 1.29 is 52.4 Å². The van der Waals surface area contributed by atoms with Crippen LogP contribution in [-0.4, -0.2) is 79.2 Å². The van der Waals surface area contributed by atoms with E-state index in [0.717, 1.165) is 14.0 Å². The summed E-state index contributed by atoms with van der Waals surface area (Å²) in [4.78, 5) is 59.3. The van der Waals surface area contributed by atoms with Crippen molar-refractivity contribution in [3.05, 3.63) is 0 Å². The topological polar surface area (TPSA) is 153 Å². The molecule has 2 fully saturated rings. The Morgan fingerprint density at radius 3 is 2.19 bits per heavy atom. The highest BCUT2D eigenvalue weighted by atomic mass is 16.8. The highest BCUT2D eigenvalue weighted by Crippen LogP contribution is 2.50. The van der Waals surface area contributed by atoms with Crippen LogP contribution >= 0.6 is 0 Å². The Hall–Kier alpha value is -2.73. The maximum atomic E-state index is 12.6. The molecule has 2 bridgehead atoms. The van der Waals surface area contributed by atoms with Crippen LogP contribution < -0.4 is 5.32 Å². The Kier molecular flexibility index (Phi) is 7.27. The van der Waals surface area contributed by atoms with Crippen molar-refractivity contribution in [1.82, 2.24) is 5.32 Å². The molecule has 2 aliphatic heterocycles. The first kappa shape index (κ1) is 24.5. The van der Waals surface area contributed by atoms with Crippen LogP contribution in [0.2, 0.25) is 0 Å². The molecule has 1 amide bonds. The van der Waals surface area contributed by atoms with Crippen molar-refractivity contribution in [2.24, 2.45) is 0 Å². The van der Waals surface area contributed by atoms with Gasteiger partial charge in [-0.05, 0) is 6.92 Å². The lowest BCUT2D eigenvalue weighted by Gasteiger charge is -2.45. The predicted octanol–water partition coefficient (Wildman–Crippen LogP) is -0.635. The van der Waals surface area contributed by atoms with Crippen LogP contribution in [0.3, 0.4) is 0 Å². The third-order valence-corrected chi connectivity index (χ3v) is 5.00. The molecule has 0 radical (unpaired) electrons. The number of methoxy groups -OCH3 is 1. The SMILES string of the molecule is COC(=O)[C@@]12C[C@H](OC(C)=O)[C@@H](NC(C)=O)[C@@](C)(O1)[C@@H]([C@@H](COC(C)=O)OC(C)=O)O2. The Morgan fingerprint density at radius 2 is 1.71 bits per heavy atom. The van der Waals surface area contributed by atoms with Gasteiger partial charge in [0.25, 0.3) is 5.79 Å². The van der Waals surface area contributed by atoms with E-state index in [0.29, 0.717) is 0 Å². The van der Waals surface area contributed by atoms with E-state index >= 15 is 0 Å². The largest absolute Gasteiger partial charge is 0.465 e. The van der Waals surface area contributed by atoms with Crippen LogP contribution in [0.4, 0.5) is 0 Å². The normalized spacial score (nSPS) is 32.4. The van der Waals surface area contributed by atoms with Gasteiger partial charge >= 0.3 is 23.9 Å². The van der Waals surface area contributed by atoms with Crippen molar-refractivity contribution in [1.29, 1.82) is 0 Å². The zero-order valence-corrected chi connectivity index (χ0v) is 18.2. The summed E-state index contributed by atoms with van der Waals surface area (Å²) in [5, 5.41) is 2.66. The fraction of sp³-hybridized carbons (Fsp3) is 0.737. The molecule has 2 rings (SSSR count).